The Bertz CT molecular complexity index is 734. The summed E-state index contributed by atoms with van der Waals surface area (Å²) in [7, 11) is 1.51. The number of amides is 3. The number of hydrogen-bond acceptors (Lipinski definition) is 5. The first-order valence-electron chi connectivity index (χ1n) is 9.85. The van der Waals surface area contributed by atoms with E-state index < -0.39 is 29.7 Å². The fourth-order valence-corrected chi connectivity index (χ4v) is 4.05. The lowest BCUT2D eigenvalue weighted by Gasteiger charge is -2.28. The molecule has 0 aliphatic carbocycles. The van der Waals surface area contributed by atoms with Crippen LogP contribution >= 0.6 is 11.8 Å². The molecule has 7 nitrogen and oxygen atoms in total. The number of hydrogen-bond donors (Lipinski definition) is 4. The van der Waals surface area contributed by atoms with Crippen LogP contribution in [0.5, 0.6) is 0 Å². The van der Waals surface area contributed by atoms with Crippen LogP contribution in [0.4, 0.5) is 0 Å². The van der Waals surface area contributed by atoms with Crippen molar-refractivity contribution in [1.82, 2.24) is 16.1 Å². The van der Waals surface area contributed by atoms with Crippen LogP contribution in [0.15, 0.2) is 30.3 Å². The first kappa shape index (κ1) is 25.5. The Morgan fingerprint density at radius 2 is 1.77 bits per heavy atom. The molecule has 0 aliphatic rings. The maximum Gasteiger partial charge on any atom is 0.248 e. The van der Waals surface area contributed by atoms with Gasteiger partial charge in [0.25, 0.3) is 0 Å². The number of likely N-dealkylation sites (N-methyl/N-ethyl adjacent to an activating group) is 1. The molecular formula is C22H31N3O4S. The van der Waals surface area contributed by atoms with Crippen molar-refractivity contribution in [2.24, 2.45) is 17.8 Å². The van der Waals surface area contributed by atoms with Gasteiger partial charge in [-0.15, -0.1) is 18.2 Å². The Morgan fingerprint density at radius 1 is 1.10 bits per heavy atom. The van der Waals surface area contributed by atoms with E-state index in [1.807, 2.05) is 44.2 Å². The van der Waals surface area contributed by atoms with Crippen LogP contribution in [0.25, 0.3) is 0 Å². The van der Waals surface area contributed by atoms with Gasteiger partial charge < -0.3 is 10.6 Å². The van der Waals surface area contributed by atoms with Crippen LogP contribution in [-0.4, -0.2) is 47.5 Å². The maximum absolute atomic E-state index is 13.2. The summed E-state index contributed by atoms with van der Waals surface area (Å²) in [5, 5.41) is 14.6. The molecule has 0 bridgehead atoms. The number of thioether (sulfide) groups is 1. The zero-order valence-electron chi connectivity index (χ0n) is 17.7. The highest BCUT2D eigenvalue weighted by Gasteiger charge is 2.35. The zero-order chi connectivity index (χ0) is 22.5. The van der Waals surface area contributed by atoms with Gasteiger partial charge in [-0.3, -0.25) is 19.6 Å². The molecule has 0 heterocycles. The summed E-state index contributed by atoms with van der Waals surface area (Å²) in [6.07, 6.45) is 6.03. The predicted molar refractivity (Wildman–Crippen MR) is 119 cm³/mol. The minimum absolute atomic E-state index is 0.125. The second-order valence-corrected chi connectivity index (χ2v) is 8.43. The lowest BCUT2D eigenvalue weighted by atomic mass is 9.84. The molecule has 0 aliphatic heterocycles. The Morgan fingerprint density at radius 3 is 2.30 bits per heavy atom. The Balaban J connectivity index is 3.08. The van der Waals surface area contributed by atoms with Crippen LogP contribution in [-0.2, 0) is 20.8 Å². The molecule has 8 heteroatoms. The Hall–Kier alpha value is -2.50. The van der Waals surface area contributed by atoms with Crippen molar-refractivity contribution < 1.29 is 19.6 Å². The normalized spacial score (nSPS) is 13.6. The standard InChI is InChI=1S/C22H31N3O4S/c1-5-11-30-14-18(21(27)25-29)17(12-15(2)3)20(26)24-19(22(28)23-4)13-16-9-7-6-8-10-16/h1,6-10,15,17-19,29H,11-14H2,2-4H3,(H,23,28)(H,24,26)(H,25,27)/t17-,18+,19+/m1/s1. The molecule has 0 fully saturated rings. The van der Waals surface area contributed by atoms with Crippen LogP contribution in [0.1, 0.15) is 25.8 Å². The largest absolute Gasteiger partial charge is 0.357 e. The highest BCUT2D eigenvalue weighted by atomic mass is 32.2. The van der Waals surface area contributed by atoms with E-state index in [0.717, 1.165) is 5.56 Å². The summed E-state index contributed by atoms with van der Waals surface area (Å²) in [6, 6.07) is 8.59. The molecule has 0 radical (unpaired) electrons. The topological polar surface area (TPSA) is 108 Å². The number of carbonyl (C=O) groups excluding carboxylic acids is 3. The second kappa shape index (κ2) is 13.7. The molecule has 3 atom stereocenters. The summed E-state index contributed by atoms with van der Waals surface area (Å²) in [4.78, 5) is 37.9. The second-order valence-electron chi connectivity index (χ2n) is 7.40. The summed E-state index contributed by atoms with van der Waals surface area (Å²) < 4.78 is 0. The van der Waals surface area contributed by atoms with Crippen molar-refractivity contribution in [2.45, 2.75) is 32.7 Å². The smallest absolute Gasteiger partial charge is 0.248 e. The molecule has 1 aromatic carbocycles. The number of nitrogens with one attached hydrogen (secondary N) is 3. The van der Waals surface area contributed by atoms with Gasteiger partial charge in [-0.05, 0) is 17.9 Å². The SMILES string of the molecule is C#CCSC[C@H](C(=O)NO)[C@@H](CC(C)C)C(=O)N[C@@H](Cc1ccccc1)C(=O)NC. The first-order valence-corrected chi connectivity index (χ1v) is 11.0. The lowest BCUT2D eigenvalue weighted by molar-refractivity contribution is -0.140. The van der Waals surface area contributed by atoms with Gasteiger partial charge in [0.2, 0.25) is 17.7 Å². The van der Waals surface area contributed by atoms with Crippen molar-refractivity contribution in [2.75, 3.05) is 18.6 Å². The third kappa shape index (κ3) is 8.47. The summed E-state index contributed by atoms with van der Waals surface area (Å²) in [6.45, 7) is 3.89. The van der Waals surface area contributed by atoms with Crippen LogP contribution in [0.3, 0.4) is 0 Å². The van der Waals surface area contributed by atoms with E-state index in [9.17, 15) is 19.6 Å². The van der Waals surface area contributed by atoms with Gasteiger partial charge in [-0.2, -0.15) is 0 Å². The van der Waals surface area contributed by atoms with Crippen LogP contribution in [0.2, 0.25) is 0 Å². The van der Waals surface area contributed by atoms with Gasteiger partial charge in [-0.1, -0.05) is 50.1 Å². The van der Waals surface area contributed by atoms with Gasteiger partial charge in [-0.25, -0.2) is 5.48 Å². The number of benzene rings is 1. The van der Waals surface area contributed by atoms with Crippen molar-refractivity contribution >= 4 is 29.5 Å². The first-order chi connectivity index (χ1) is 14.3. The van der Waals surface area contributed by atoms with E-state index in [-0.39, 0.29) is 17.6 Å². The fourth-order valence-electron chi connectivity index (χ4n) is 3.18. The third-order valence-corrected chi connectivity index (χ3v) is 5.61. The van der Waals surface area contributed by atoms with E-state index in [0.29, 0.717) is 18.6 Å². The number of carbonyl (C=O) groups is 3. The van der Waals surface area contributed by atoms with E-state index in [2.05, 4.69) is 16.6 Å². The minimum Gasteiger partial charge on any atom is -0.357 e. The van der Waals surface area contributed by atoms with E-state index >= 15 is 0 Å². The molecule has 0 unspecified atom stereocenters. The number of hydroxylamine groups is 1. The Kier molecular flexibility index (Phi) is 11.6. The lowest BCUT2D eigenvalue weighted by Crippen LogP contribution is -2.51. The molecular weight excluding hydrogens is 402 g/mol. The maximum atomic E-state index is 13.2. The van der Waals surface area contributed by atoms with Crippen molar-refractivity contribution in [3.8, 4) is 12.3 Å². The molecule has 0 aromatic heterocycles. The average molecular weight is 434 g/mol. The summed E-state index contributed by atoms with van der Waals surface area (Å²) in [5.41, 5.74) is 2.57. The molecule has 3 amide bonds. The molecule has 0 saturated carbocycles. The van der Waals surface area contributed by atoms with Crippen molar-refractivity contribution in [3.63, 3.8) is 0 Å². The molecule has 1 rings (SSSR count). The average Bonchev–Trinajstić information content (AvgIpc) is 2.74. The van der Waals surface area contributed by atoms with Gasteiger partial charge in [0, 0.05) is 19.2 Å². The van der Waals surface area contributed by atoms with Gasteiger partial charge >= 0.3 is 0 Å². The molecule has 30 heavy (non-hydrogen) atoms. The van der Waals surface area contributed by atoms with E-state index in [1.54, 1.807) is 5.48 Å². The number of terminal acetylenes is 1. The summed E-state index contributed by atoms with van der Waals surface area (Å²) in [5.74, 6) is 0.428. The van der Waals surface area contributed by atoms with Gasteiger partial charge in [0.15, 0.2) is 0 Å². The minimum atomic E-state index is -0.782. The highest BCUT2D eigenvalue weighted by Crippen LogP contribution is 2.25. The van der Waals surface area contributed by atoms with Crippen LogP contribution in [0, 0.1) is 30.1 Å². The fraction of sp³-hybridized carbons (Fsp3) is 0.500. The van der Waals surface area contributed by atoms with Crippen LogP contribution < -0.4 is 16.1 Å². The van der Waals surface area contributed by atoms with Crippen molar-refractivity contribution in [3.05, 3.63) is 35.9 Å². The quantitative estimate of drug-likeness (QED) is 0.173. The highest BCUT2D eigenvalue weighted by molar-refractivity contribution is 7.99. The van der Waals surface area contributed by atoms with Gasteiger partial charge in [0.1, 0.15) is 6.04 Å². The zero-order valence-corrected chi connectivity index (χ0v) is 18.5. The van der Waals surface area contributed by atoms with Gasteiger partial charge in [0.05, 0.1) is 17.6 Å². The third-order valence-electron chi connectivity index (χ3n) is 4.64. The molecule has 0 saturated heterocycles. The molecule has 164 valence electrons. The monoisotopic (exact) mass is 433 g/mol. The van der Waals surface area contributed by atoms with Crippen molar-refractivity contribution in [1.29, 1.82) is 0 Å². The molecule has 0 spiro atoms. The summed E-state index contributed by atoms with van der Waals surface area (Å²) >= 11 is 1.34. The Labute approximate surface area is 182 Å². The van der Waals surface area contributed by atoms with E-state index in [1.165, 1.54) is 18.8 Å². The molecule has 1 aromatic rings. The number of rotatable bonds is 12. The molecule has 4 N–H and O–H groups in total. The predicted octanol–water partition coefficient (Wildman–Crippen LogP) is 1.61. The van der Waals surface area contributed by atoms with E-state index in [4.69, 9.17) is 6.42 Å².